The molecular formula is C27H27N5O8. The Morgan fingerprint density at radius 3 is 2.62 bits per heavy atom. The monoisotopic (exact) mass is 549 g/mol. The summed E-state index contributed by atoms with van der Waals surface area (Å²) in [6.45, 7) is 0.0665. The van der Waals surface area contributed by atoms with Crippen LogP contribution < -0.4 is 35.1 Å². The van der Waals surface area contributed by atoms with Gasteiger partial charge in [0.1, 0.15) is 11.7 Å². The smallest absolute Gasteiger partial charge is 0.263 e. The number of H-pyrrole nitrogens is 1. The first kappa shape index (κ1) is 26.5. The third-order valence-corrected chi connectivity index (χ3v) is 6.60. The molecule has 3 amide bonds. The molecule has 13 nitrogen and oxygen atoms in total. The Balaban J connectivity index is 1.50. The van der Waals surface area contributed by atoms with Crippen molar-refractivity contribution >= 4 is 17.7 Å². The number of benzene rings is 2. The van der Waals surface area contributed by atoms with Crippen molar-refractivity contribution in [3.05, 3.63) is 76.0 Å². The number of rotatable bonds is 3. The number of carbonyl (C=O) groups excluding carboxylic acids is 3. The molecule has 3 N–H and O–H groups in total. The fourth-order valence-corrected chi connectivity index (χ4v) is 4.52. The van der Waals surface area contributed by atoms with Crippen LogP contribution in [0.25, 0.3) is 0 Å². The number of ether oxygens (including phenoxy) is 4. The van der Waals surface area contributed by atoms with E-state index in [0.717, 1.165) is 5.56 Å². The van der Waals surface area contributed by atoms with E-state index in [1.54, 1.807) is 30.3 Å². The number of methoxy groups -OCH3 is 2. The van der Waals surface area contributed by atoms with Crippen LogP contribution in [0, 0.1) is 0 Å². The van der Waals surface area contributed by atoms with E-state index >= 15 is 0 Å². The maximum atomic E-state index is 13.3. The third-order valence-electron chi connectivity index (χ3n) is 6.60. The molecule has 3 aliphatic rings. The lowest BCUT2D eigenvalue weighted by atomic mass is 10.1. The second-order valence-corrected chi connectivity index (χ2v) is 9.16. The summed E-state index contributed by atoms with van der Waals surface area (Å²) in [5.74, 6) is -0.0186. The maximum Gasteiger partial charge on any atom is 0.263 e. The van der Waals surface area contributed by atoms with Gasteiger partial charge in [-0.1, -0.05) is 6.07 Å². The van der Waals surface area contributed by atoms with Gasteiger partial charge < -0.3 is 39.5 Å². The number of nitrogens with one attached hydrogen (secondary N) is 3. The molecule has 1 fully saturated rings. The Labute approximate surface area is 228 Å². The highest BCUT2D eigenvalue weighted by Gasteiger charge is 2.39. The summed E-state index contributed by atoms with van der Waals surface area (Å²) in [5.41, 5.74) is 0.310. The van der Waals surface area contributed by atoms with Crippen molar-refractivity contribution in [1.29, 1.82) is 0 Å². The molecule has 3 aliphatic heterocycles. The Morgan fingerprint density at radius 1 is 1.02 bits per heavy atom. The van der Waals surface area contributed by atoms with E-state index in [-0.39, 0.29) is 49.0 Å². The van der Waals surface area contributed by atoms with Crippen LogP contribution in [0.5, 0.6) is 23.0 Å². The molecule has 0 saturated carbocycles. The van der Waals surface area contributed by atoms with Gasteiger partial charge in [-0.15, -0.1) is 0 Å². The zero-order valence-electron chi connectivity index (χ0n) is 21.8. The largest absolute Gasteiger partial charge is 0.493 e. The Morgan fingerprint density at radius 2 is 1.85 bits per heavy atom. The molecule has 0 aliphatic carbocycles. The number of likely N-dealkylation sites (tertiary alicyclic amines) is 1. The van der Waals surface area contributed by atoms with E-state index in [4.69, 9.17) is 18.9 Å². The lowest BCUT2D eigenvalue weighted by molar-refractivity contribution is -0.123. The summed E-state index contributed by atoms with van der Waals surface area (Å²) >= 11 is 0. The van der Waals surface area contributed by atoms with Gasteiger partial charge >= 0.3 is 0 Å². The third kappa shape index (κ3) is 5.53. The minimum Gasteiger partial charge on any atom is -0.493 e. The van der Waals surface area contributed by atoms with Crippen molar-refractivity contribution in [2.24, 2.45) is 0 Å². The lowest BCUT2D eigenvalue weighted by Crippen LogP contribution is -2.45. The summed E-state index contributed by atoms with van der Waals surface area (Å²) < 4.78 is 22.8. The van der Waals surface area contributed by atoms with Crippen LogP contribution in [0.3, 0.4) is 0 Å². The van der Waals surface area contributed by atoms with Crippen LogP contribution in [-0.2, 0) is 11.3 Å². The summed E-state index contributed by atoms with van der Waals surface area (Å²) in [4.78, 5) is 58.9. The number of hydrogen-bond donors (Lipinski definition) is 3. The summed E-state index contributed by atoms with van der Waals surface area (Å²) in [6, 6.07) is 9.13. The Hall–Kier alpha value is -5.07. The molecular weight excluding hydrogens is 522 g/mol. The zero-order valence-corrected chi connectivity index (χ0v) is 21.8. The van der Waals surface area contributed by atoms with Crippen LogP contribution in [-0.4, -0.2) is 78.7 Å². The summed E-state index contributed by atoms with van der Waals surface area (Å²) in [6.07, 6.45) is 1.71. The number of carbonyl (C=O) groups is 3. The SMILES string of the molecule is COc1ccc2cc1OCC(=O)NCc1ccc(c(OC)c1)O[C@H]1CN(C(=O)c3cnc[nH]c3=O)C[C@@H]1NC2=O. The second kappa shape index (κ2) is 11.4. The van der Waals surface area contributed by atoms with E-state index in [2.05, 4.69) is 20.6 Å². The molecule has 4 bridgehead atoms. The zero-order chi connectivity index (χ0) is 28.2. The second-order valence-electron chi connectivity index (χ2n) is 9.16. The molecule has 2 atom stereocenters. The summed E-state index contributed by atoms with van der Waals surface area (Å²) in [5, 5.41) is 5.71. The molecule has 0 radical (unpaired) electrons. The average molecular weight is 550 g/mol. The van der Waals surface area contributed by atoms with E-state index < -0.39 is 29.5 Å². The molecule has 4 heterocycles. The first-order chi connectivity index (χ1) is 19.4. The number of fused-ring (bicyclic) bond motifs is 7. The standard InChI is InChI=1S/C27H27N5O8/c1-37-19-6-4-16-8-22(19)39-13-24(33)29-9-15-3-5-20(21(7-15)38-2)40-23-12-32(11-18(23)31-25(16)34)27(36)17-10-28-14-30-26(17)35/h3-8,10,14,18,23H,9,11-13H2,1-2H3,(H,29,33)(H,31,34)(H,28,30,35)/t18-,23-/m0/s1. The van der Waals surface area contributed by atoms with Crippen molar-refractivity contribution in [2.45, 2.75) is 18.7 Å². The molecule has 208 valence electrons. The molecule has 13 heteroatoms. The van der Waals surface area contributed by atoms with Gasteiger partial charge in [0.15, 0.2) is 29.6 Å². The lowest BCUT2D eigenvalue weighted by Gasteiger charge is -2.22. The quantitative estimate of drug-likeness (QED) is 0.422. The van der Waals surface area contributed by atoms with Crippen LogP contribution in [0.2, 0.25) is 0 Å². The van der Waals surface area contributed by atoms with Gasteiger partial charge in [-0.3, -0.25) is 19.2 Å². The molecule has 40 heavy (non-hydrogen) atoms. The highest BCUT2D eigenvalue weighted by molar-refractivity contribution is 5.96. The normalized spacial score (nSPS) is 18.9. The predicted molar refractivity (Wildman–Crippen MR) is 140 cm³/mol. The molecule has 1 aromatic heterocycles. The summed E-state index contributed by atoms with van der Waals surface area (Å²) in [7, 11) is 2.94. The van der Waals surface area contributed by atoms with Gasteiger partial charge in [-0.2, -0.15) is 0 Å². The minimum atomic E-state index is -0.687. The van der Waals surface area contributed by atoms with Crippen LogP contribution >= 0.6 is 0 Å². The topological polar surface area (TPSA) is 161 Å². The van der Waals surface area contributed by atoms with Gasteiger partial charge in [0.25, 0.3) is 23.3 Å². The van der Waals surface area contributed by atoms with Crippen LogP contribution in [0.1, 0.15) is 26.3 Å². The van der Waals surface area contributed by atoms with Gasteiger partial charge in [0.05, 0.1) is 33.1 Å². The molecule has 0 unspecified atom stereocenters. The average Bonchev–Trinajstić information content (AvgIpc) is 3.36. The van der Waals surface area contributed by atoms with Crippen molar-refractivity contribution < 1.29 is 33.3 Å². The highest BCUT2D eigenvalue weighted by atomic mass is 16.5. The van der Waals surface area contributed by atoms with Gasteiger partial charge in [0.2, 0.25) is 0 Å². The number of aromatic nitrogens is 2. The first-order valence-electron chi connectivity index (χ1n) is 12.4. The van der Waals surface area contributed by atoms with Gasteiger partial charge in [-0.25, -0.2) is 4.98 Å². The van der Waals surface area contributed by atoms with Crippen molar-refractivity contribution in [1.82, 2.24) is 25.5 Å². The van der Waals surface area contributed by atoms with E-state index in [1.165, 1.54) is 37.7 Å². The molecule has 3 aromatic rings. The van der Waals surface area contributed by atoms with E-state index in [1.807, 2.05) is 0 Å². The van der Waals surface area contributed by atoms with Crippen molar-refractivity contribution in [3.8, 4) is 23.0 Å². The first-order valence-corrected chi connectivity index (χ1v) is 12.4. The Kier molecular flexibility index (Phi) is 7.53. The number of amides is 3. The van der Waals surface area contributed by atoms with Crippen LogP contribution in [0.4, 0.5) is 0 Å². The van der Waals surface area contributed by atoms with Crippen LogP contribution in [0.15, 0.2) is 53.7 Å². The van der Waals surface area contributed by atoms with Gasteiger partial charge in [0, 0.05) is 24.8 Å². The maximum absolute atomic E-state index is 13.3. The Bertz CT molecular complexity index is 1510. The molecule has 1 saturated heterocycles. The number of aromatic amines is 1. The van der Waals surface area contributed by atoms with E-state index in [9.17, 15) is 19.2 Å². The predicted octanol–water partition coefficient (Wildman–Crippen LogP) is 0.498. The van der Waals surface area contributed by atoms with Gasteiger partial charge in [-0.05, 0) is 35.9 Å². The number of nitrogens with zero attached hydrogens (tertiary/aromatic N) is 2. The molecule has 6 rings (SSSR count). The van der Waals surface area contributed by atoms with E-state index in [0.29, 0.717) is 17.2 Å². The highest BCUT2D eigenvalue weighted by Crippen LogP contribution is 2.32. The van der Waals surface area contributed by atoms with Crippen molar-refractivity contribution in [2.75, 3.05) is 33.9 Å². The molecule has 2 aromatic carbocycles. The fourth-order valence-electron chi connectivity index (χ4n) is 4.52. The number of hydrogen-bond acceptors (Lipinski definition) is 9. The minimum absolute atomic E-state index is 0.0713. The van der Waals surface area contributed by atoms with Crippen molar-refractivity contribution in [3.63, 3.8) is 0 Å². The molecule has 0 spiro atoms. The fraction of sp³-hybridized carbons (Fsp3) is 0.296.